The number of phenolic OH excluding ortho intramolecular Hbond substituents is 1. The van der Waals surface area contributed by atoms with Gasteiger partial charge in [0.15, 0.2) is 0 Å². The Hall–Kier alpha value is -2.16. The Kier molecular flexibility index (Phi) is 3.72. The van der Waals surface area contributed by atoms with Crippen molar-refractivity contribution in [1.29, 1.82) is 0 Å². The second-order valence-electron chi connectivity index (χ2n) is 4.16. The fourth-order valence-corrected chi connectivity index (χ4v) is 1.87. The van der Waals surface area contributed by atoms with Gasteiger partial charge in [-0.3, -0.25) is 0 Å². The van der Waals surface area contributed by atoms with Gasteiger partial charge in [0.1, 0.15) is 11.5 Å². The molecule has 0 bridgehead atoms. The number of rotatable bonds is 4. The fourth-order valence-electron chi connectivity index (χ4n) is 1.87. The molecule has 3 heteroatoms. The average molecular weight is 243 g/mol. The normalized spacial score (nSPS) is 11.9. The summed E-state index contributed by atoms with van der Waals surface area (Å²) in [6.45, 7) is 2.04. The molecule has 0 aromatic heterocycles. The highest BCUT2D eigenvalue weighted by Crippen LogP contribution is 2.28. The number of anilines is 1. The molecule has 0 amide bonds. The Morgan fingerprint density at radius 1 is 1.11 bits per heavy atom. The van der Waals surface area contributed by atoms with E-state index >= 15 is 0 Å². The van der Waals surface area contributed by atoms with E-state index in [2.05, 4.69) is 5.32 Å². The molecule has 0 saturated heterocycles. The van der Waals surface area contributed by atoms with Gasteiger partial charge in [0.25, 0.3) is 0 Å². The summed E-state index contributed by atoms with van der Waals surface area (Å²) >= 11 is 0. The van der Waals surface area contributed by atoms with Crippen molar-refractivity contribution in [3.8, 4) is 11.5 Å². The van der Waals surface area contributed by atoms with Crippen LogP contribution in [-0.2, 0) is 0 Å². The molecule has 0 heterocycles. The van der Waals surface area contributed by atoms with Crippen LogP contribution in [0, 0.1) is 0 Å². The molecule has 0 saturated carbocycles. The zero-order chi connectivity index (χ0) is 13.0. The Morgan fingerprint density at radius 2 is 1.89 bits per heavy atom. The first-order chi connectivity index (χ1) is 8.70. The van der Waals surface area contributed by atoms with E-state index in [0.29, 0.717) is 0 Å². The molecule has 2 aromatic carbocycles. The standard InChI is InChI=1S/C15H17NO2/c1-11(12-6-5-7-13(17)10-12)16-14-8-3-4-9-15(14)18-2/h3-11,16-17H,1-2H3. The molecule has 3 nitrogen and oxygen atoms in total. The second-order valence-corrected chi connectivity index (χ2v) is 4.16. The molecule has 0 radical (unpaired) electrons. The Labute approximate surface area is 107 Å². The molecule has 18 heavy (non-hydrogen) atoms. The molecule has 0 aliphatic carbocycles. The molecule has 1 unspecified atom stereocenters. The molecule has 94 valence electrons. The van der Waals surface area contributed by atoms with Crippen molar-refractivity contribution in [2.75, 3.05) is 12.4 Å². The van der Waals surface area contributed by atoms with Crippen molar-refractivity contribution in [1.82, 2.24) is 0 Å². The molecule has 0 aliphatic rings. The van der Waals surface area contributed by atoms with Gasteiger partial charge in [-0.25, -0.2) is 0 Å². The summed E-state index contributed by atoms with van der Waals surface area (Å²) in [7, 11) is 1.65. The minimum atomic E-state index is 0.0911. The molecule has 0 aliphatic heterocycles. The average Bonchev–Trinajstić information content (AvgIpc) is 2.39. The summed E-state index contributed by atoms with van der Waals surface area (Å²) in [5.41, 5.74) is 1.97. The SMILES string of the molecule is COc1ccccc1NC(C)c1cccc(O)c1. The number of aromatic hydroxyl groups is 1. The number of phenols is 1. The van der Waals surface area contributed by atoms with E-state index in [9.17, 15) is 5.11 Å². The van der Waals surface area contributed by atoms with Crippen LogP contribution in [0.25, 0.3) is 0 Å². The highest BCUT2D eigenvalue weighted by Gasteiger charge is 2.08. The number of para-hydroxylation sites is 2. The number of nitrogens with one attached hydrogen (secondary N) is 1. The van der Waals surface area contributed by atoms with Gasteiger partial charge in [0.05, 0.1) is 12.8 Å². The van der Waals surface area contributed by atoms with Crippen molar-refractivity contribution in [2.45, 2.75) is 13.0 Å². The van der Waals surface area contributed by atoms with Crippen LogP contribution in [0.15, 0.2) is 48.5 Å². The minimum Gasteiger partial charge on any atom is -0.508 e. The van der Waals surface area contributed by atoms with Crippen molar-refractivity contribution in [3.05, 3.63) is 54.1 Å². The first-order valence-corrected chi connectivity index (χ1v) is 5.89. The topological polar surface area (TPSA) is 41.5 Å². The van der Waals surface area contributed by atoms with Gasteiger partial charge in [0.2, 0.25) is 0 Å². The molecule has 0 fully saturated rings. The fraction of sp³-hybridized carbons (Fsp3) is 0.200. The predicted molar refractivity (Wildman–Crippen MR) is 73.1 cm³/mol. The summed E-state index contributed by atoms with van der Waals surface area (Å²) in [6, 6.07) is 15.1. The zero-order valence-electron chi connectivity index (χ0n) is 10.6. The lowest BCUT2D eigenvalue weighted by Crippen LogP contribution is -2.07. The molecular formula is C15H17NO2. The quantitative estimate of drug-likeness (QED) is 0.862. The van der Waals surface area contributed by atoms with Gasteiger partial charge in [-0.05, 0) is 36.8 Å². The number of hydrogen-bond acceptors (Lipinski definition) is 3. The third-order valence-corrected chi connectivity index (χ3v) is 2.85. The van der Waals surface area contributed by atoms with Crippen molar-refractivity contribution in [3.63, 3.8) is 0 Å². The third kappa shape index (κ3) is 2.74. The van der Waals surface area contributed by atoms with E-state index in [0.717, 1.165) is 17.0 Å². The summed E-state index contributed by atoms with van der Waals surface area (Å²) in [5.74, 6) is 1.09. The van der Waals surface area contributed by atoms with Crippen molar-refractivity contribution >= 4 is 5.69 Å². The Morgan fingerprint density at radius 3 is 2.61 bits per heavy atom. The van der Waals surface area contributed by atoms with Crippen LogP contribution in [0.2, 0.25) is 0 Å². The van der Waals surface area contributed by atoms with Gasteiger partial charge in [-0.2, -0.15) is 0 Å². The van der Waals surface area contributed by atoms with Gasteiger partial charge >= 0.3 is 0 Å². The molecule has 2 aromatic rings. The predicted octanol–water partition coefficient (Wildman–Crippen LogP) is 3.57. The lowest BCUT2D eigenvalue weighted by atomic mass is 10.1. The maximum Gasteiger partial charge on any atom is 0.141 e. The summed E-state index contributed by atoms with van der Waals surface area (Å²) in [4.78, 5) is 0. The highest BCUT2D eigenvalue weighted by atomic mass is 16.5. The number of hydrogen-bond donors (Lipinski definition) is 2. The zero-order valence-corrected chi connectivity index (χ0v) is 10.6. The van der Waals surface area contributed by atoms with E-state index in [1.54, 1.807) is 19.2 Å². The second kappa shape index (κ2) is 5.45. The smallest absolute Gasteiger partial charge is 0.141 e. The summed E-state index contributed by atoms with van der Waals surface area (Å²) < 4.78 is 5.29. The maximum atomic E-state index is 9.48. The Balaban J connectivity index is 2.18. The molecule has 2 N–H and O–H groups in total. The van der Waals surface area contributed by atoms with Crippen molar-refractivity contribution < 1.29 is 9.84 Å². The summed E-state index contributed by atoms with van der Waals surface area (Å²) in [6.07, 6.45) is 0. The molecular weight excluding hydrogens is 226 g/mol. The first kappa shape index (κ1) is 12.3. The van der Waals surface area contributed by atoms with E-state index in [1.165, 1.54) is 0 Å². The van der Waals surface area contributed by atoms with Crippen LogP contribution >= 0.6 is 0 Å². The van der Waals surface area contributed by atoms with Crippen molar-refractivity contribution in [2.24, 2.45) is 0 Å². The monoisotopic (exact) mass is 243 g/mol. The minimum absolute atomic E-state index is 0.0911. The molecule has 1 atom stereocenters. The van der Waals surface area contributed by atoms with E-state index in [1.807, 2.05) is 43.3 Å². The van der Waals surface area contributed by atoms with Crippen LogP contribution in [0.4, 0.5) is 5.69 Å². The number of ether oxygens (including phenoxy) is 1. The Bertz CT molecular complexity index is 525. The van der Waals surface area contributed by atoms with Gasteiger partial charge in [-0.1, -0.05) is 24.3 Å². The first-order valence-electron chi connectivity index (χ1n) is 5.89. The van der Waals surface area contributed by atoms with E-state index in [-0.39, 0.29) is 11.8 Å². The van der Waals surface area contributed by atoms with Gasteiger partial charge in [-0.15, -0.1) is 0 Å². The van der Waals surface area contributed by atoms with Crippen LogP contribution in [-0.4, -0.2) is 12.2 Å². The maximum absolute atomic E-state index is 9.48. The van der Waals surface area contributed by atoms with Gasteiger partial charge < -0.3 is 15.2 Å². The van der Waals surface area contributed by atoms with Gasteiger partial charge in [0, 0.05) is 6.04 Å². The van der Waals surface area contributed by atoms with E-state index in [4.69, 9.17) is 4.74 Å². The summed E-state index contributed by atoms with van der Waals surface area (Å²) in [5, 5.41) is 12.8. The third-order valence-electron chi connectivity index (χ3n) is 2.85. The number of benzene rings is 2. The molecule has 0 spiro atoms. The highest BCUT2D eigenvalue weighted by molar-refractivity contribution is 5.57. The van der Waals surface area contributed by atoms with Crippen LogP contribution < -0.4 is 10.1 Å². The lowest BCUT2D eigenvalue weighted by molar-refractivity contribution is 0.416. The van der Waals surface area contributed by atoms with Crippen LogP contribution in [0.1, 0.15) is 18.5 Å². The van der Waals surface area contributed by atoms with Crippen LogP contribution in [0.5, 0.6) is 11.5 Å². The lowest BCUT2D eigenvalue weighted by Gasteiger charge is -2.18. The van der Waals surface area contributed by atoms with Crippen LogP contribution in [0.3, 0.4) is 0 Å². The molecule has 2 rings (SSSR count). The largest absolute Gasteiger partial charge is 0.508 e. The van der Waals surface area contributed by atoms with E-state index < -0.39 is 0 Å². The number of methoxy groups -OCH3 is 1.